The van der Waals surface area contributed by atoms with Crippen LogP contribution in [0.4, 0.5) is 10.1 Å². The summed E-state index contributed by atoms with van der Waals surface area (Å²) in [6.07, 6.45) is 0. The average molecular weight is 277 g/mol. The number of amides is 1. The van der Waals surface area contributed by atoms with E-state index in [1.807, 2.05) is 13.8 Å². The standard InChI is InChI=1S/C15H20FN3O/c1-4-18-14-12(7-6-8-13(14)16)15(20)19(5-2)10-11(3)9-17/h6-8,11,18H,4-5,10H2,1-3H3. The van der Waals surface area contributed by atoms with Gasteiger partial charge in [0.05, 0.1) is 23.2 Å². The van der Waals surface area contributed by atoms with Crippen molar-refractivity contribution < 1.29 is 9.18 Å². The van der Waals surface area contributed by atoms with Crippen LogP contribution in [0.3, 0.4) is 0 Å². The molecule has 0 saturated heterocycles. The molecule has 108 valence electrons. The Morgan fingerprint density at radius 3 is 2.75 bits per heavy atom. The van der Waals surface area contributed by atoms with Crippen molar-refractivity contribution in [1.29, 1.82) is 5.26 Å². The molecule has 1 unspecified atom stereocenters. The van der Waals surface area contributed by atoms with Gasteiger partial charge in [-0.2, -0.15) is 5.26 Å². The fraction of sp³-hybridized carbons (Fsp3) is 0.467. The van der Waals surface area contributed by atoms with Crippen molar-refractivity contribution in [2.45, 2.75) is 20.8 Å². The third kappa shape index (κ3) is 3.70. The van der Waals surface area contributed by atoms with Crippen LogP contribution in [0.5, 0.6) is 0 Å². The second-order valence-electron chi connectivity index (χ2n) is 4.57. The molecule has 1 N–H and O–H groups in total. The van der Waals surface area contributed by atoms with Crippen LogP contribution in [-0.2, 0) is 0 Å². The van der Waals surface area contributed by atoms with Crippen molar-refractivity contribution in [3.05, 3.63) is 29.6 Å². The number of carbonyl (C=O) groups is 1. The van der Waals surface area contributed by atoms with Gasteiger partial charge in [-0.05, 0) is 32.9 Å². The second kappa shape index (κ2) is 7.49. The molecule has 0 fully saturated rings. The van der Waals surface area contributed by atoms with Crippen LogP contribution in [0.1, 0.15) is 31.1 Å². The van der Waals surface area contributed by atoms with Gasteiger partial charge in [-0.3, -0.25) is 4.79 Å². The lowest BCUT2D eigenvalue weighted by Crippen LogP contribution is -2.34. The first-order valence-electron chi connectivity index (χ1n) is 6.76. The van der Waals surface area contributed by atoms with E-state index >= 15 is 0 Å². The fourth-order valence-electron chi connectivity index (χ4n) is 1.96. The van der Waals surface area contributed by atoms with Crippen LogP contribution in [0.15, 0.2) is 18.2 Å². The van der Waals surface area contributed by atoms with Gasteiger partial charge in [0.2, 0.25) is 0 Å². The zero-order chi connectivity index (χ0) is 15.1. The lowest BCUT2D eigenvalue weighted by atomic mass is 10.1. The van der Waals surface area contributed by atoms with Gasteiger partial charge in [0.15, 0.2) is 0 Å². The average Bonchev–Trinajstić information content (AvgIpc) is 2.46. The van der Waals surface area contributed by atoms with Crippen LogP contribution in [0.25, 0.3) is 0 Å². The van der Waals surface area contributed by atoms with Crippen molar-refractivity contribution in [1.82, 2.24) is 4.90 Å². The minimum absolute atomic E-state index is 0.225. The molecule has 4 nitrogen and oxygen atoms in total. The van der Waals surface area contributed by atoms with Gasteiger partial charge in [0.25, 0.3) is 5.91 Å². The van der Waals surface area contributed by atoms with E-state index in [-0.39, 0.29) is 17.5 Å². The zero-order valence-electron chi connectivity index (χ0n) is 12.1. The van der Waals surface area contributed by atoms with Crippen molar-refractivity contribution in [3.63, 3.8) is 0 Å². The number of para-hydroxylation sites is 1. The molecule has 0 saturated carbocycles. The molecule has 0 heterocycles. The molecule has 1 aromatic carbocycles. The van der Waals surface area contributed by atoms with E-state index in [0.717, 1.165) is 0 Å². The Labute approximate surface area is 119 Å². The molecule has 1 atom stereocenters. The summed E-state index contributed by atoms with van der Waals surface area (Å²) >= 11 is 0. The second-order valence-corrected chi connectivity index (χ2v) is 4.57. The maximum Gasteiger partial charge on any atom is 0.256 e. The Morgan fingerprint density at radius 2 is 2.20 bits per heavy atom. The monoisotopic (exact) mass is 277 g/mol. The minimum Gasteiger partial charge on any atom is -0.382 e. The van der Waals surface area contributed by atoms with E-state index in [0.29, 0.717) is 25.2 Å². The third-order valence-corrected chi connectivity index (χ3v) is 2.98. The third-order valence-electron chi connectivity index (χ3n) is 2.98. The number of carbonyl (C=O) groups excluding carboxylic acids is 1. The smallest absolute Gasteiger partial charge is 0.256 e. The van der Waals surface area contributed by atoms with Crippen LogP contribution < -0.4 is 5.32 Å². The van der Waals surface area contributed by atoms with Crippen LogP contribution in [-0.4, -0.2) is 30.4 Å². The molecule has 0 aliphatic rings. The van der Waals surface area contributed by atoms with Crippen LogP contribution >= 0.6 is 0 Å². The highest BCUT2D eigenvalue weighted by molar-refractivity contribution is 5.99. The van der Waals surface area contributed by atoms with Gasteiger partial charge in [-0.1, -0.05) is 6.07 Å². The van der Waals surface area contributed by atoms with Crippen molar-refractivity contribution in [2.75, 3.05) is 25.0 Å². The SMILES string of the molecule is CCNc1c(F)cccc1C(=O)N(CC)CC(C)C#N. The van der Waals surface area contributed by atoms with E-state index in [2.05, 4.69) is 11.4 Å². The summed E-state index contributed by atoms with van der Waals surface area (Å²) < 4.78 is 13.8. The summed E-state index contributed by atoms with van der Waals surface area (Å²) in [7, 11) is 0. The molecule has 1 rings (SSSR count). The summed E-state index contributed by atoms with van der Waals surface area (Å²) in [6.45, 7) is 6.79. The number of halogens is 1. The topological polar surface area (TPSA) is 56.1 Å². The van der Waals surface area contributed by atoms with Gasteiger partial charge in [-0.25, -0.2) is 4.39 Å². The van der Waals surface area contributed by atoms with Crippen molar-refractivity contribution in [2.24, 2.45) is 5.92 Å². The number of rotatable bonds is 6. The van der Waals surface area contributed by atoms with Gasteiger partial charge in [0, 0.05) is 19.6 Å². The van der Waals surface area contributed by atoms with E-state index < -0.39 is 5.82 Å². The number of nitrogens with zero attached hydrogens (tertiary/aromatic N) is 2. The number of benzene rings is 1. The highest BCUT2D eigenvalue weighted by atomic mass is 19.1. The number of hydrogen-bond acceptors (Lipinski definition) is 3. The van der Waals surface area contributed by atoms with E-state index in [1.54, 1.807) is 17.9 Å². The van der Waals surface area contributed by atoms with Gasteiger partial charge < -0.3 is 10.2 Å². The zero-order valence-corrected chi connectivity index (χ0v) is 12.1. The number of anilines is 1. The predicted molar refractivity (Wildman–Crippen MR) is 76.9 cm³/mol. The first kappa shape index (κ1) is 16.0. The maximum atomic E-state index is 13.8. The fourth-order valence-corrected chi connectivity index (χ4v) is 1.96. The molecule has 0 aliphatic carbocycles. The van der Waals surface area contributed by atoms with Crippen LogP contribution in [0.2, 0.25) is 0 Å². The number of hydrogen-bond donors (Lipinski definition) is 1. The van der Waals surface area contributed by atoms with E-state index in [4.69, 9.17) is 5.26 Å². The summed E-state index contributed by atoms with van der Waals surface area (Å²) in [4.78, 5) is 14.0. The van der Waals surface area contributed by atoms with Crippen molar-refractivity contribution >= 4 is 11.6 Å². The lowest BCUT2D eigenvalue weighted by Gasteiger charge is -2.23. The largest absolute Gasteiger partial charge is 0.382 e. The van der Waals surface area contributed by atoms with Gasteiger partial charge in [-0.15, -0.1) is 0 Å². The van der Waals surface area contributed by atoms with Gasteiger partial charge in [0.1, 0.15) is 5.82 Å². The summed E-state index contributed by atoms with van der Waals surface area (Å²) in [5.41, 5.74) is 0.530. The molecular formula is C15H20FN3O. The molecule has 0 bridgehead atoms. The molecule has 0 aromatic heterocycles. The molecule has 0 radical (unpaired) electrons. The minimum atomic E-state index is -0.443. The normalized spacial score (nSPS) is 11.6. The first-order valence-corrected chi connectivity index (χ1v) is 6.76. The Morgan fingerprint density at radius 1 is 1.50 bits per heavy atom. The summed E-state index contributed by atoms with van der Waals surface area (Å²) in [5.74, 6) is -0.956. The number of nitrogens with one attached hydrogen (secondary N) is 1. The number of nitriles is 1. The van der Waals surface area contributed by atoms with E-state index in [1.165, 1.54) is 12.1 Å². The molecule has 1 amide bonds. The summed E-state index contributed by atoms with van der Waals surface area (Å²) in [5, 5.41) is 11.7. The van der Waals surface area contributed by atoms with Crippen molar-refractivity contribution in [3.8, 4) is 6.07 Å². The van der Waals surface area contributed by atoms with Crippen LogP contribution in [0, 0.1) is 23.1 Å². The maximum absolute atomic E-state index is 13.8. The highest BCUT2D eigenvalue weighted by Gasteiger charge is 2.21. The lowest BCUT2D eigenvalue weighted by molar-refractivity contribution is 0.0753. The molecule has 20 heavy (non-hydrogen) atoms. The Bertz CT molecular complexity index is 510. The van der Waals surface area contributed by atoms with Gasteiger partial charge >= 0.3 is 0 Å². The molecule has 0 aliphatic heterocycles. The molecule has 0 spiro atoms. The first-order chi connectivity index (χ1) is 9.54. The molecule has 5 heteroatoms. The Kier molecular flexibility index (Phi) is 5.98. The van der Waals surface area contributed by atoms with E-state index in [9.17, 15) is 9.18 Å². The Balaban J connectivity index is 3.06. The quantitative estimate of drug-likeness (QED) is 0.870. The molecule has 1 aromatic rings. The summed E-state index contributed by atoms with van der Waals surface area (Å²) in [6, 6.07) is 6.55. The molecular weight excluding hydrogens is 257 g/mol. The highest BCUT2D eigenvalue weighted by Crippen LogP contribution is 2.21. The Hall–Kier alpha value is -2.09. The predicted octanol–water partition coefficient (Wildman–Crippen LogP) is 2.88.